The van der Waals surface area contributed by atoms with Gasteiger partial charge in [0.25, 0.3) is 0 Å². The zero-order valence-corrected chi connectivity index (χ0v) is 19.2. The Bertz CT molecular complexity index is 874. The van der Waals surface area contributed by atoms with Crippen molar-refractivity contribution < 1.29 is 18.3 Å². The first kappa shape index (κ1) is 23.1. The SMILES string of the molecule is CCCC1CCC(C2CCC(c3ncc(-c4ccc(OCC)c(F)c4F)cn3)CC2)CO1. The summed E-state index contributed by atoms with van der Waals surface area (Å²) in [7, 11) is 0. The van der Waals surface area contributed by atoms with Crippen LogP contribution in [0, 0.1) is 23.5 Å². The molecular formula is C26H34F2N2O2. The van der Waals surface area contributed by atoms with Gasteiger partial charge in [-0.25, -0.2) is 14.4 Å². The van der Waals surface area contributed by atoms with Gasteiger partial charge in [0.2, 0.25) is 5.82 Å². The number of benzene rings is 1. The van der Waals surface area contributed by atoms with Crippen molar-refractivity contribution in [3.8, 4) is 16.9 Å². The minimum absolute atomic E-state index is 0.0766. The summed E-state index contributed by atoms with van der Waals surface area (Å²) >= 11 is 0. The van der Waals surface area contributed by atoms with Crippen LogP contribution >= 0.6 is 0 Å². The number of aromatic nitrogens is 2. The second-order valence-corrected chi connectivity index (χ2v) is 9.20. The molecule has 0 amide bonds. The lowest BCUT2D eigenvalue weighted by Crippen LogP contribution is -2.32. The van der Waals surface area contributed by atoms with E-state index in [1.165, 1.54) is 50.7 Å². The van der Waals surface area contributed by atoms with Crippen LogP contribution in [0.2, 0.25) is 0 Å². The highest BCUT2D eigenvalue weighted by Crippen LogP contribution is 2.41. The fraction of sp³-hybridized carbons (Fsp3) is 0.615. The normalized spacial score (nSPS) is 26.1. The standard InChI is InChI=1S/C26H34F2N2O2/c1-3-5-21-11-10-19(16-32-21)17-6-8-18(9-7-17)26-29-14-20(15-30-26)22-12-13-23(31-4-2)25(28)24(22)27/h12-15,17-19,21H,3-11,16H2,1-2H3. The minimum atomic E-state index is -0.973. The summed E-state index contributed by atoms with van der Waals surface area (Å²) in [4.78, 5) is 9.04. The summed E-state index contributed by atoms with van der Waals surface area (Å²) in [6.45, 7) is 5.15. The van der Waals surface area contributed by atoms with Crippen LogP contribution in [0.1, 0.15) is 77.0 Å². The van der Waals surface area contributed by atoms with Gasteiger partial charge in [-0.1, -0.05) is 13.3 Å². The molecule has 2 aromatic rings. The Morgan fingerprint density at radius 1 is 0.938 bits per heavy atom. The Morgan fingerprint density at radius 2 is 1.66 bits per heavy atom. The van der Waals surface area contributed by atoms with Gasteiger partial charge < -0.3 is 9.47 Å². The molecule has 32 heavy (non-hydrogen) atoms. The van der Waals surface area contributed by atoms with Crippen molar-refractivity contribution in [2.75, 3.05) is 13.2 Å². The monoisotopic (exact) mass is 444 g/mol. The molecule has 1 saturated heterocycles. The van der Waals surface area contributed by atoms with Crippen LogP contribution in [-0.4, -0.2) is 29.3 Å². The van der Waals surface area contributed by atoms with Gasteiger partial charge in [-0.05, 0) is 75.8 Å². The lowest BCUT2D eigenvalue weighted by molar-refractivity contribution is -0.0409. The number of hydrogen-bond donors (Lipinski definition) is 0. The number of rotatable bonds is 7. The van der Waals surface area contributed by atoms with Crippen molar-refractivity contribution in [1.29, 1.82) is 0 Å². The van der Waals surface area contributed by atoms with Crippen LogP contribution in [0.3, 0.4) is 0 Å². The van der Waals surface area contributed by atoms with Gasteiger partial charge in [-0.2, -0.15) is 4.39 Å². The fourth-order valence-corrected chi connectivity index (χ4v) is 5.31. The van der Waals surface area contributed by atoms with Gasteiger partial charge in [0.1, 0.15) is 5.82 Å². The third-order valence-corrected chi connectivity index (χ3v) is 7.15. The van der Waals surface area contributed by atoms with E-state index in [1.807, 2.05) is 0 Å². The molecule has 2 aliphatic rings. The van der Waals surface area contributed by atoms with Gasteiger partial charge in [0.05, 0.1) is 19.3 Å². The van der Waals surface area contributed by atoms with E-state index in [9.17, 15) is 8.78 Å². The Hall–Kier alpha value is -2.08. The van der Waals surface area contributed by atoms with Crippen molar-refractivity contribution >= 4 is 0 Å². The summed E-state index contributed by atoms with van der Waals surface area (Å²) in [6.07, 6.45) is 13.1. The largest absolute Gasteiger partial charge is 0.491 e. The first-order valence-corrected chi connectivity index (χ1v) is 12.1. The average Bonchev–Trinajstić information content (AvgIpc) is 2.83. The molecule has 6 heteroatoms. The first-order valence-electron chi connectivity index (χ1n) is 12.1. The molecule has 1 aromatic carbocycles. The van der Waals surface area contributed by atoms with Crippen LogP contribution in [-0.2, 0) is 4.74 Å². The highest BCUT2D eigenvalue weighted by molar-refractivity contribution is 5.63. The quantitative estimate of drug-likeness (QED) is 0.477. The first-order chi connectivity index (χ1) is 15.6. The second kappa shape index (κ2) is 10.7. The van der Waals surface area contributed by atoms with E-state index >= 15 is 0 Å². The maximum absolute atomic E-state index is 14.5. The number of nitrogens with zero attached hydrogens (tertiary/aromatic N) is 2. The molecule has 4 nitrogen and oxygen atoms in total. The molecule has 174 valence electrons. The molecule has 2 fully saturated rings. The van der Waals surface area contributed by atoms with Crippen molar-refractivity contribution in [2.45, 2.75) is 77.2 Å². The number of hydrogen-bond acceptors (Lipinski definition) is 4. The Labute approximate surface area is 189 Å². The van der Waals surface area contributed by atoms with Gasteiger partial charge in [-0.15, -0.1) is 0 Å². The number of halogens is 2. The fourth-order valence-electron chi connectivity index (χ4n) is 5.31. The molecule has 2 unspecified atom stereocenters. The molecule has 0 radical (unpaired) electrons. The van der Waals surface area contributed by atoms with Gasteiger partial charge in [0, 0.05) is 29.4 Å². The van der Waals surface area contributed by atoms with Crippen LogP contribution in [0.15, 0.2) is 24.5 Å². The lowest BCUT2D eigenvalue weighted by Gasteiger charge is -2.37. The van der Waals surface area contributed by atoms with Crippen LogP contribution in [0.4, 0.5) is 8.78 Å². The molecule has 0 spiro atoms. The van der Waals surface area contributed by atoms with E-state index < -0.39 is 11.6 Å². The van der Waals surface area contributed by atoms with Gasteiger partial charge in [0.15, 0.2) is 11.6 Å². The average molecular weight is 445 g/mol. The summed E-state index contributed by atoms with van der Waals surface area (Å²) in [5, 5.41) is 0. The van der Waals surface area contributed by atoms with E-state index in [4.69, 9.17) is 9.47 Å². The summed E-state index contributed by atoms with van der Waals surface area (Å²) < 4.78 is 39.9. The molecule has 0 bridgehead atoms. The Balaban J connectivity index is 1.34. The molecule has 1 aliphatic carbocycles. The molecule has 2 atom stereocenters. The van der Waals surface area contributed by atoms with E-state index in [0.29, 0.717) is 23.5 Å². The lowest BCUT2D eigenvalue weighted by atomic mass is 9.73. The molecular weight excluding hydrogens is 410 g/mol. The summed E-state index contributed by atoms with van der Waals surface area (Å²) in [5.74, 6) is 0.579. The van der Waals surface area contributed by atoms with Crippen LogP contribution in [0.25, 0.3) is 11.1 Å². The Kier molecular flexibility index (Phi) is 7.71. The molecule has 1 saturated carbocycles. The highest BCUT2D eigenvalue weighted by Gasteiger charge is 2.32. The van der Waals surface area contributed by atoms with Gasteiger partial charge in [-0.3, -0.25) is 0 Å². The molecule has 1 aromatic heterocycles. The highest BCUT2D eigenvalue weighted by atomic mass is 19.2. The molecule has 4 rings (SSSR count). The van der Waals surface area contributed by atoms with Crippen molar-refractivity contribution in [1.82, 2.24) is 9.97 Å². The van der Waals surface area contributed by atoms with Crippen molar-refractivity contribution in [3.05, 3.63) is 42.0 Å². The zero-order chi connectivity index (χ0) is 22.5. The molecule has 2 heterocycles. The Morgan fingerprint density at radius 3 is 2.28 bits per heavy atom. The zero-order valence-electron chi connectivity index (χ0n) is 19.2. The predicted octanol–water partition coefficient (Wildman–Crippen LogP) is 6.69. The smallest absolute Gasteiger partial charge is 0.201 e. The molecule has 0 N–H and O–H groups in total. The maximum atomic E-state index is 14.5. The van der Waals surface area contributed by atoms with E-state index in [-0.39, 0.29) is 17.9 Å². The second-order valence-electron chi connectivity index (χ2n) is 9.20. The van der Waals surface area contributed by atoms with Gasteiger partial charge >= 0.3 is 0 Å². The predicted molar refractivity (Wildman–Crippen MR) is 121 cm³/mol. The van der Waals surface area contributed by atoms with Crippen LogP contribution < -0.4 is 4.74 Å². The van der Waals surface area contributed by atoms with Crippen molar-refractivity contribution in [2.24, 2.45) is 11.8 Å². The summed E-state index contributed by atoms with van der Waals surface area (Å²) in [6, 6.07) is 2.97. The third-order valence-electron chi connectivity index (χ3n) is 7.15. The van der Waals surface area contributed by atoms with E-state index in [1.54, 1.807) is 19.3 Å². The van der Waals surface area contributed by atoms with Crippen LogP contribution in [0.5, 0.6) is 5.75 Å². The van der Waals surface area contributed by atoms with Crippen molar-refractivity contribution in [3.63, 3.8) is 0 Å². The molecule has 1 aliphatic heterocycles. The van der Waals surface area contributed by atoms with E-state index in [0.717, 1.165) is 31.2 Å². The van der Waals surface area contributed by atoms with E-state index in [2.05, 4.69) is 16.9 Å². The summed E-state index contributed by atoms with van der Waals surface area (Å²) in [5.41, 5.74) is 0.628. The minimum Gasteiger partial charge on any atom is -0.491 e. The number of ether oxygens (including phenoxy) is 2. The maximum Gasteiger partial charge on any atom is 0.201 e. The topological polar surface area (TPSA) is 44.2 Å². The third kappa shape index (κ3) is 5.11.